The smallest absolute Gasteiger partial charge is 0.224 e. The molecule has 1 saturated heterocycles. The summed E-state index contributed by atoms with van der Waals surface area (Å²) in [5.41, 5.74) is 0.796. The first-order chi connectivity index (χ1) is 10.5. The van der Waals surface area contributed by atoms with Crippen molar-refractivity contribution in [2.24, 2.45) is 0 Å². The zero-order valence-corrected chi connectivity index (χ0v) is 12.5. The first-order valence-corrected chi connectivity index (χ1v) is 7.90. The monoisotopic (exact) mass is 304 g/mol. The summed E-state index contributed by atoms with van der Waals surface area (Å²) in [5, 5.41) is 6.16. The van der Waals surface area contributed by atoms with Crippen LogP contribution in [-0.2, 0) is 16.0 Å². The Morgan fingerprint density at radius 1 is 1.23 bits per heavy atom. The highest BCUT2D eigenvalue weighted by molar-refractivity contribution is 5.80. The Kier molecular flexibility index (Phi) is 4.14. The van der Waals surface area contributed by atoms with Crippen LogP contribution in [0.4, 0.5) is 4.39 Å². The number of hydrogen-bond donors (Lipinski definition) is 2. The maximum Gasteiger partial charge on any atom is 0.224 e. The molecular weight excluding hydrogens is 283 g/mol. The molecule has 1 saturated carbocycles. The largest absolute Gasteiger partial charge is 0.353 e. The molecule has 3 rings (SSSR count). The van der Waals surface area contributed by atoms with Crippen LogP contribution >= 0.6 is 0 Å². The fourth-order valence-electron chi connectivity index (χ4n) is 3.53. The van der Waals surface area contributed by atoms with Crippen LogP contribution in [0.2, 0.25) is 0 Å². The molecule has 1 aliphatic carbocycles. The minimum atomic E-state index is -0.291. The molecule has 1 aromatic rings. The summed E-state index contributed by atoms with van der Waals surface area (Å²) in [4.78, 5) is 23.5. The SMILES string of the molecule is O=C(Cc1ccc(F)cc1)NC1CCC2(CCC(=O)N2)CC1. The van der Waals surface area contributed by atoms with Crippen LogP contribution in [0.5, 0.6) is 0 Å². The van der Waals surface area contributed by atoms with Gasteiger partial charge in [0.2, 0.25) is 11.8 Å². The third-order valence-electron chi connectivity index (χ3n) is 4.82. The molecule has 0 aromatic heterocycles. The summed E-state index contributed by atoms with van der Waals surface area (Å²) in [6.07, 6.45) is 5.48. The first-order valence-electron chi connectivity index (χ1n) is 7.90. The lowest BCUT2D eigenvalue weighted by molar-refractivity contribution is -0.122. The van der Waals surface area contributed by atoms with Gasteiger partial charge in [0.05, 0.1) is 6.42 Å². The van der Waals surface area contributed by atoms with Crippen molar-refractivity contribution >= 4 is 11.8 Å². The van der Waals surface area contributed by atoms with Crippen molar-refractivity contribution in [3.8, 4) is 0 Å². The number of hydrogen-bond acceptors (Lipinski definition) is 2. The van der Waals surface area contributed by atoms with E-state index in [0.29, 0.717) is 6.42 Å². The first kappa shape index (κ1) is 15.0. The zero-order chi connectivity index (χ0) is 15.6. The van der Waals surface area contributed by atoms with Gasteiger partial charge in [-0.1, -0.05) is 12.1 Å². The van der Waals surface area contributed by atoms with Gasteiger partial charge in [0.1, 0.15) is 5.82 Å². The fourth-order valence-corrected chi connectivity index (χ4v) is 3.53. The molecule has 0 bridgehead atoms. The van der Waals surface area contributed by atoms with Crippen molar-refractivity contribution < 1.29 is 14.0 Å². The predicted molar refractivity (Wildman–Crippen MR) is 80.6 cm³/mol. The number of carbonyl (C=O) groups is 2. The number of rotatable bonds is 3. The zero-order valence-electron chi connectivity index (χ0n) is 12.5. The number of benzene rings is 1. The van der Waals surface area contributed by atoms with Gasteiger partial charge in [-0.15, -0.1) is 0 Å². The van der Waals surface area contributed by atoms with Crippen molar-refractivity contribution in [1.82, 2.24) is 10.6 Å². The van der Waals surface area contributed by atoms with Crippen molar-refractivity contribution in [2.75, 3.05) is 0 Å². The van der Waals surface area contributed by atoms with E-state index in [1.54, 1.807) is 12.1 Å². The van der Waals surface area contributed by atoms with Gasteiger partial charge in [-0.05, 0) is 49.8 Å². The summed E-state index contributed by atoms with van der Waals surface area (Å²) >= 11 is 0. The number of halogens is 1. The molecule has 0 unspecified atom stereocenters. The summed E-state index contributed by atoms with van der Waals surface area (Å²) < 4.78 is 12.8. The van der Waals surface area contributed by atoms with Crippen LogP contribution in [0.1, 0.15) is 44.1 Å². The standard InChI is InChI=1S/C17H21FN2O2/c18-13-3-1-12(2-4-13)11-16(22)19-14-5-8-17(9-6-14)10-7-15(21)20-17/h1-4,14H,5-11H2,(H,19,22)(H,20,21). The molecule has 22 heavy (non-hydrogen) atoms. The number of amides is 2. The summed E-state index contributed by atoms with van der Waals surface area (Å²) in [5.74, 6) is -0.165. The van der Waals surface area contributed by atoms with Gasteiger partial charge in [0.25, 0.3) is 0 Å². The van der Waals surface area contributed by atoms with E-state index in [1.165, 1.54) is 12.1 Å². The van der Waals surface area contributed by atoms with E-state index in [1.807, 2.05) is 0 Å². The Morgan fingerprint density at radius 3 is 2.50 bits per heavy atom. The van der Waals surface area contributed by atoms with E-state index in [4.69, 9.17) is 0 Å². The lowest BCUT2D eigenvalue weighted by Crippen LogP contribution is -2.49. The molecular formula is C17H21FN2O2. The van der Waals surface area contributed by atoms with Gasteiger partial charge in [0, 0.05) is 18.0 Å². The Hall–Kier alpha value is -1.91. The molecule has 1 heterocycles. The highest BCUT2D eigenvalue weighted by atomic mass is 19.1. The van der Waals surface area contributed by atoms with E-state index < -0.39 is 0 Å². The molecule has 2 N–H and O–H groups in total. The van der Waals surface area contributed by atoms with Crippen molar-refractivity contribution in [1.29, 1.82) is 0 Å². The summed E-state index contributed by atoms with van der Waals surface area (Å²) in [6, 6.07) is 6.19. The van der Waals surface area contributed by atoms with E-state index in [9.17, 15) is 14.0 Å². The Morgan fingerprint density at radius 2 is 1.91 bits per heavy atom. The molecule has 1 aromatic carbocycles. The number of carbonyl (C=O) groups excluding carboxylic acids is 2. The second-order valence-corrected chi connectivity index (χ2v) is 6.47. The minimum absolute atomic E-state index is 0.0186. The average Bonchev–Trinajstić information content (AvgIpc) is 2.85. The quantitative estimate of drug-likeness (QED) is 0.898. The van der Waals surface area contributed by atoms with Crippen LogP contribution in [-0.4, -0.2) is 23.4 Å². The Bertz CT molecular complexity index is 563. The van der Waals surface area contributed by atoms with E-state index in [0.717, 1.165) is 37.7 Å². The highest BCUT2D eigenvalue weighted by Crippen LogP contribution is 2.35. The predicted octanol–water partition coefficient (Wildman–Crippen LogP) is 2.08. The molecule has 4 nitrogen and oxygen atoms in total. The van der Waals surface area contributed by atoms with Gasteiger partial charge in [-0.25, -0.2) is 4.39 Å². The molecule has 118 valence electrons. The van der Waals surface area contributed by atoms with Crippen molar-refractivity contribution in [2.45, 2.75) is 56.5 Å². The van der Waals surface area contributed by atoms with Crippen LogP contribution < -0.4 is 10.6 Å². The third kappa shape index (κ3) is 3.46. The molecule has 2 amide bonds. The van der Waals surface area contributed by atoms with Crippen molar-refractivity contribution in [3.05, 3.63) is 35.6 Å². The van der Waals surface area contributed by atoms with E-state index in [-0.39, 0.29) is 35.6 Å². The number of nitrogens with one attached hydrogen (secondary N) is 2. The van der Waals surface area contributed by atoms with Gasteiger partial charge in [-0.3, -0.25) is 9.59 Å². The molecule has 2 aliphatic rings. The topological polar surface area (TPSA) is 58.2 Å². The minimum Gasteiger partial charge on any atom is -0.353 e. The summed E-state index contributed by atoms with van der Waals surface area (Å²) in [7, 11) is 0. The molecule has 1 aliphatic heterocycles. The van der Waals surface area contributed by atoms with Crippen LogP contribution in [0.15, 0.2) is 24.3 Å². The molecule has 5 heteroatoms. The molecule has 2 fully saturated rings. The average molecular weight is 304 g/mol. The maximum atomic E-state index is 12.8. The van der Waals surface area contributed by atoms with E-state index >= 15 is 0 Å². The van der Waals surface area contributed by atoms with Crippen LogP contribution in [0.3, 0.4) is 0 Å². The second kappa shape index (κ2) is 6.07. The second-order valence-electron chi connectivity index (χ2n) is 6.47. The van der Waals surface area contributed by atoms with Crippen molar-refractivity contribution in [3.63, 3.8) is 0 Å². The molecule has 0 radical (unpaired) electrons. The highest BCUT2D eigenvalue weighted by Gasteiger charge is 2.40. The maximum absolute atomic E-state index is 12.8. The lowest BCUT2D eigenvalue weighted by Gasteiger charge is -2.37. The van der Waals surface area contributed by atoms with E-state index in [2.05, 4.69) is 10.6 Å². The van der Waals surface area contributed by atoms with Gasteiger partial charge >= 0.3 is 0 Å². The van der Waals surface area contributed by atoms with Crippen LogP contribution in [0, 0.1) is 5.82 Å². The third-order valence-corrected chi connectivity index (χ3v) is 4.82. The molecule has 1 spiro atoms. The molecule has 0 atom stereocenters. The van der Waals surface area contributed by atoms with Gasteiger partial charge in [0.15, 0.2) is 0 Å². The normalized spacial score (nSPS) is 27.7. The lowest BCUT2D eigenvalue weighted by atomic mass is 9.78. The fraction of sp³-hybridized carbons (Fsp3) is 0.529. The Balaban J connectivity index is 1.47. The van der Waals surface area contributed by atoms with Crippen LogP contribution in [0.25, 0.3) is 0 Å². The Labute approximate surface area is 129 Å². The summed E-state index contributed by atoms with van der Waals surface area (Å²) in [6.45, 7) is 0. The van der Waals surface area contributed by atoms with Gasteiger partial charge in [-0.2, -0.15) is 0 Å². The van der Waals surface area contributed by atoms with Gasteiger partial charge < -0.3 is 10.6 Å².